The monoisotopic (exact) mass is 370 g/mol. The fourth-order valence-corrected chi connectivity index (χ4v) is 4.14. The molecule has 0 radical (unpaired) electrons. The van der Waals surface area contributed by atoms with Crippen molar-refractivity contribution in [2.24, 2.45) is 0 Å². The lowest BCUT2D eigenvalue weighted by Crippen LogP contribution is -2.38. The molecule has 3 heterocycles. The van der Waals surface area contributed by atoms with E-state index in [9.17, 15) is 10.1 Å². The second-order valence-corrected chi connectivity index (χ2v) is 7.33. The molecule has 0 aliphatic carbocycles. The van der Waals surface area contributed by atoms with Gasteiger partial charge >= 0.3 is 5.69 Å². The zero-order valence-corrected chi connectivity index (χ0v) is 15.1. The summed E-state index contributed by atoms with van der Waals surface area (Å²) in [5.41, 5.74) is 0.752. The fourth-order valence-electron chi connectivity index (χ4n) is 3.28. The molecule has 1 atom stereocenters. The summed E-state index contributed by atoms with van der Waals surface area (Å²) in [4.78, 5) is 26.2. The number of piperidine rings is 1. The third-order valence-electron chi connectivity index (χ3n) is 4.58. The maximum Gasteiger partial charge on any atom is 0.353 e. The Hall–Kier alpha value is -2.81. The van der Waals surface area contributed by atoms with E-state index in [1.165, 1.54) is 17.7 Å². The van der Waals surface area contributed by atoms with Crippen molar-refractivity contribution < 1.29 is 4.92 Å². The van der Waals surface area contributed by atoms with E-state index in [0.29, 0.717) is 10.9 Å². The van der Waals surface area contributed by atoms with Crippen LogP contribution in [0.4, 0.5) is 22.5 Å². The molecule has 0 amide bonds. The quantitative estimate of drug-likeness (QED) is 0.545. The number of hydrogen-bond acceptors (Lipinski definition) is 8. The van der Waals surface area contributed by atoms with E-state index in [1.54, 1.807) is 0 Å². The maximum atomic E-state index is 11.8. The number of nitro groups is 1. The van der Waals surface area contributed by atoms with Crippen molar-refractivity contribution in [2.45, 2.75) is 32.2 Å². The molecule has 1 fully saturated rings. The van der Waals surface area contributed by atoms with E-state index in [1.807, 2.05) is 29.2 Å². The lowest BCUT2D eigenvalue weighted by molar-refractivity contribution is -0.383. The predicted octanol–water partition coefficient (Wildman–Crippen LogP) is 4.12. The maximum absolute atomic E-state index is 11.8. The molecular formula is C17H18N6O2S. The molecule has 2 aromatic heterocycles. The van der Waals surface area contributed by atoms with Crippen LogP contribution in [0.2, 0.25) is 0 Å². The Kier molecular flexibility index (Phi) is 4.37. The topological polar surface area (TPSA) is 97.1 Å². The highest BCUT2D eigenvalue weighted by atomic mass is 32.1. The van der Waals surface area contributed by atoms with Gasteiger partial charge in [-0.05, 0) is 38.3 Å². The molecule has 1 aliphatic rings. The van der Waals surface area contributed by atoms with E-state index in [2.05, 4.69) is 27.2 Å². The first kappa shape index (κ1) is 16.6. The summed E-state index contributed by atoms with van der Waals surface area (Å²) in [5.74, 6) is 0.553. The van der Waals surface area contributed by atoms with Gasteiger partial charge in [-0.25, -0.2) is 15.0 Å². The summed E-state index contributed by atoms with van der Waals surface area (Å²) >= 11 is 1.44. The van der Waals surface area contributed by atoms with Crippen LogP contribution in [-0.4, -0.2) is 32.5 Å². The highest BCUT2D eigenvalue weighted by molar-refractivity contribution is 7.22. The summed E-state index contributed by atoms with van der Waals surface area (Å²) in [6, 6.07) is 7.94. The van der Waals surface area contributed by atoms with Gasteiger partial charge in [0, 0.05) is 12.6 Å². The molecular weight excluding hydrogens is 352 g/mol. The molecule has 1 saturated heterocycles. The summed E-state index contributed by atoms with van der Waals surface area (Å²) < 4.78 is 1.01. The van der Waals surface area contributed by atoms with E-state index >= 15 is 0 Å². The number of para-hydroxylation sites is 1. The number of hydrogen-bond donors (Lipinski definition) is 1. The molecule has 8 nitrogen and oxygen atoms in total. The van der Waals surface area contributed by atoms with Crippen molar-refractivity contribution in [3.63, 3.8) is 0 Å². The Balaban J connectivity index is 1.73. The highest BCUT2D eigenvalue weighted by Gasteiger charge is 2.31. The number of fused-ring (bicyclic) bond motifs is 1. The molecule has 1 aliphatic heterocycles. The summed E-state index contributed by atoms with van der Waals surface area (Å²) in [6.45, 7) is 2.84. The fraction of sp³-hybridized carbons (Fsp3) is 0.353. The number of aromatic nitrogens is 3. The van der Waals surface area contributed by atoms with Crippen LogP contribution >= 0.6 is 11.3 Å². The molecule has 0 spiro atoms. The van der Waals surface area contributed by atoms with Crippen molar-refractivity contribution in [2.75, 3.05) is 16.8 Å². The average molecular weight is 370 g/mol. The second kappa shape index (κ2) is 6.83. The van der Waals surface area contributed by atoms with Crippen LogP contribution in [0.3, 0.4) is 0 Å². The molecule has 1 unspecified atom stereocenters. The van der Waals surface area contributed by atoms with Crippen LogP contribution in [-0.2, 0) is 0 Å². The Labute approximate surface area is 154 Å². The van der Waals surface area contributed by atoms with E-state index in [0.717, 1.165) is 36.0 Å². The van der Waals surface area contributed by atoms with Crippen LogP contribution in [0.15, 0.2) is 30.6 Å². The van der Waals surface area contributed by atoms with Gasteiger partial charge in [0.05, 0.1) is 15.1 Å². The van der Waals surface area contributed by atoms with Gasteiger partial charge in [0.15, 0.2) is 5.13 Å². The van der Waals surface area contributed by atoms with Gasteiger partial charge in [-0.1, -0.05) is 23.5 Å². The van der Waals surface area contributed by atoms with E-state index < -0.39 is 4.92 Å². The largest absolute Gasteiger partial charge is 0.353 e. The van der Waals surface area contributed by atoms with E-state index in [-0.39, 0.29) is 17.5 Å². The van der Waals surface area contributed by atoms with Gasteiger partial charge < -0.3 is 10.2 Å². The van der Waals surface area contributed by atoms with Crippen molar-refractivity contribution in [3.8, 4) is 0 Å². The standard InChI is InChI=1S/C17H18N6O2S/c1-11-6-4-5-9-22(11)16-14(23(24)25)15(18-10-19-16)21-17-20-12-7-2-3-8-13(12)26-17/h2-3,7-8,10-11H,4-6,9H2,1H3,(H,18,19,20,21). The Morgan fingerprint density at radius 3 is 2.92 bits per heavy atom. The van der Waals surface area contributed by atoms with Gasteiger partial charge in [-0.15, -0.1) is 0 Å². The Bertz CT molecular complexity index is 926. The van der Waals surface area contributed by atoms with Gasteiger partial charge in [-0.3, -0.25) is 10.1 Å². The average Bonchev–Trinajstić information content (AvgIpc) is 3.04. The normalized spacial score (nSPS) is 17.4. The van der Waals surface area contributed by atoms with Crippen molar-refractivity contribution in [3.05, 3.63) is 40.7 Å². The molecule has 9 heteroatoms. The molecule has 3 aromatic rings. The molecule has 134 valence electrons. The summed E-state index contributed by atoms with van der Waals surface area (Å²) in [6.07, 6.45) is 4.51. The van der Waals surface area contributed by atoms with Crippen LogP contribution in [0.1, 0.15) is 26.2 Å². The van der Waals surface area contributed by atoms with Crippen LogP contribution in [0.5, 0.6) is 0 Å². The minimum atomic E-state index is -0.410. The highest BCUT2D eigenvalue weighted by Crippen LogP contribution is 2.37. The van der Waals surface area contributed by atoms with Crippen LogP contribution < -0.4 is 10.2 Å². The number of benzene rings is 1. The third kappa shape index (κ3) is 3.05. The summed E-state index contributed by atoms with van der Waals surface area (Å²) in [7, 11) is 0. The van der Waals surface area contributed by atoms with Gasteiger partial charge in [0.1, 0.15) is 6.33 Å². The number of rotatable bonds is 4. The summed E-state index contributed by atoms with van der Waals surface area (Å²) in [5, 5.41) is 15.4. The first-order valence-corrected chi connectivity index (χ1v) is 9.34. The zero-order chi connectivity index (χ0) is 18.1. The van der Waals surface area contributed by atoms with Crippen molar-refractivity contribution in [1.29, 1.82) is 0 Å². The third-order valence-corrected chi connectivity index (χ3v) is 5.53. The zero-order valence-electron chi connectivity index (χ0n) is 14.3. The molecule has 1 aromatic carbocycles. The lowest BCUT2D eigenvalue weighted by Gasteiger charge is -2.33. The number of thiazole rings is 1. The SMILES string of the molecule is CC1CCCCN1c1ncnc(Nc2nc3ccccc3s2)c1[N+](=O)[O-]. The van der Waals surface area contributed by atoms with Crippen LogP contribution in [0, 0.1) is 10.1 Å². The number of anilines is 3. The molecule has 26 heavy (non-hydrogen) atoms. The molecule has 1 N–H and O–H groups in total. The molecule has 4 rings (SSSR count). The predicted molar refractivity (Wildman–Crippen MR) is 102 cm³/mol. The van der Waals surface area contributed by atoms with Crippen molar-refractivity contribution >= 4 is 44.0 Å². The first-order valence-electron chi connectivity index (χ1n) is 8.52. The van der Waals surface area contributed by atoms with Crippen LogP contribution in [0.25, 0.3) is 10.2 Å². The number of nitrogens with zero attached hydrogens (tertiary/aromatic N) is 5. The van der Waals surface area contributed by atoms with Gasteiger partial charge in [0.25, 0.3) is 0 Å². The van der Waals surface area contributed by atoms with Gasteiger partial charge in [0.2, 0.25) is 11.6 Å². The molecule has 0 saturated carbocycles. The minimum Gasteiger partial charge on any atom is -0.348 e. The van der Waals surface area contributed by atoms with Crippen molar-refractivity contribution in [1.82, 2.24) is 15.0 Å². The lowest BCUT2D eigenvalue weighted by atomic mass is 10.0. The smallest absolute Gasteiger partial charge is 0.348 e. The molecule has 0 bridgehead atoms. The van der Waals surface area contributed by atoms with E-state index in [4.69, 9.17) is 0 Å². The first-order chi connectivity index (χ1) is 12.6. The second-order valence-electron chi connectivity index (χ2n) is 6.30. The van der Waals surface area contributed by atoms with Gasteiger partial charge in [-0.2, -0.15) is 0 Å². The Morgan fingerprint density at radius 2 is 2.15 bits per heavy atom. The Morgan fingerprint density at radius 1 is 1.31 bits per heavy atom. The number of nitrogens with one attached hydrogen (secondary N) is 1. The minimum absolute atomic E-state index is 0.0968.